The summed E-state index contributed by atoms with van der Waals surface area (Å²) < 4.78 is 0. The molecule has 0 bridgehead atoms. The van der Waals surface area contributed by atoms with Gasteiger partial charge in [-0.3, -0.25) is 9.59 Å². The van der Waals surface area contributed by atoms with Gasteiger partial charge in [0, 0.05) is 18.3 Å². The number of carboxylic acid groups (broad SMARTS) is 1. The van der Waals surface area contributed by atoms with Crippen LogP contribution in [0.3, 0.4) is 0 Å². The average molecular weight is 465 g/mol. The van der Waals surface area contributed by atoms with E-state index in [1.54, 1.807) is 0 Å². The first kappa shape index (κ1) is 26.2. The van der Waals surface area contributed by atoms with E-state index in [1.165, 1.54) is 11.1 Å². The second-order valence-electron chi connectivity index (χ2n) is 11.0. The molecule has 184 valence electrons. The van der Waals surface area contributed by atoms with Crippen LogP contribution in [0.5, 0.6) is 0 Å². The lowest BCUT2D eigenvalue weighted by Gasteiger charge is -2.25. The second kappa shape index (κ2) is 11.3. The molecule has 4 heteroatoms. The van der Waals surface area contributed by atoms with E-state index in [0.29, 0.717) is 12.2 Å². The fraction of sp³-hybridized carbons (Fsp3) is 0.533. The molecule has 0 amide bonds. The van der Waals surface area contributed by atoms with Crippen molar-refractivity contribution in [3.05, 3.63) is 70.8 Å². The van der Waals surface area contributed by atoms with Crippen LogP contribution in [-0.2, 0) is 22.4 Å². The number of benzene rings is 2. The van der Waals surface area contributed by atoms with Crippen LogP contribution >= 0.6 is 0 Å². The van der Waals surface area contributed by atoms with Gasteiger partial charge in [0.1, 0.15) is 5.78 Å². The molecule has 4 atom stereocenters. The van der Waals surface area contributed by atoms with Crippen molar-refractivity contribution in [2.45, 2.75) is 84.7 Å². The Morgan fingerprint density at radius 3 is 2.38 bits per heavy atom. The van der Waals surface area contributed by atoms with Gasteiger partial charge in [-0.1, -0.05) is 82.6 Å². The first-order chi connectivity index (χ1) is 16.1. The van der Waals surface area contributed by atoms with Gasteiger partial charge in [0.15, 0.2) is 0 Å². The number of Topliss-reactive ketones (excluding diaryl/α,β-unsaturated/α-hetero) is 1. The largest absolute Gasteiger partial charge is 0.481 e. The average Bonchev–Trinajstić information content (AvgIpc) is 3.13. The van der Waals surface area contributed by atoms with Crippen LogP contribution < -0.4 is 0 Å². The zero-order chi connectivity index (χ0) is 24.9. The quantitative estimate of drug-likeness (QED) is 0.420. The molecule has 2 unspecified atom stereocenters. The van der Waals surface area contributed by atoms with Gasteiger partial charge in [-0.2, -0.15) is 0 Å². The summed E-state index contributed by atoms with van der Waals surface area (Å²) in [6, 6.07) is 16.4. The number of rotatable bonds is 10. The first-order valence-electron chi connectivity index (χ1n) is 12.7. The highest BCUT2D eigenvalue weighted by Crippen LogP contribution is 2.49. The van der Waals surface area contributed by atoms with Crippen molar-refractivity contribution < 1.29 is 19.8 Å². The molecule has 0 heterocycles. The number of aliphatic hydroxyl groups excluding tert-OH is 1. The molecule has 2 N–H and O–H groups in total. The number of carbonyl (C=O) groups excluding carboxylic acids is 1. The van der Waals surface area contributed by atoms with E-state index in [4.69, 9.17) is 5.11 Å². The van der Waals surface area contributed by atoms with E-state index >= 15 is 0 Å². The van der Waals surface area contributed by atoms with E-state index in [2.05, 4.69) is 52.0 Å². The first-order valence-corrected chi connectivity index (χ1v) is 12.7. The molecule has 2 aromatic rings. The highest BCUT2D eigenvalue weighted by molar-refractivity contribution is 5.87. The van der Waals surface area contributed by atoms with E-state index in [-0.39, 0.29) is 29.6 Å². The van der Waals surface area contributed by atoms with Crippen LogP contribution in [-0.4, -0.2) is 22.0 Å². The summed E-state index contributed by atoms with van der Waals surface area (Å²) in [5, 5.41) is 19.3. The van der Waals surface area contributed by atoms with Crippen LogP contribution in [0.4, 0.5) is 0 Å². The molecule has 4 nitrogen and oxygen atoms in total. The molecule has 1 aliphatic rings. The minimum absolute atomic E-state index is 0.0293. The zero-order valence-electron chi connectivity index (χ0n) is 21.1. The molecule has 34 heavy (non-hydrogen) atoms. The molecule has 2 aromatic carbocycles. The van der Waals surface area contributed by atoms with Crippen molar-refractivity contribution in [2.75, 3.05) is 0 Å². The van der Waals surface area contributed by atoms with Gasteiger partial charge in [-0.05, 0) is 65.7 Å². The van der Waals surface area contributed by atoms with Crippen LogP contribution in [0.1, 0.15) is 94.1 Å². The highest BCUT2D eigenvalue weighted by atomic mass is 16.4. The maximum Gasteiger partial charge on any atom is 0.303 e. The topological polar surface area (TPSA) is 74.6 Å². The van der Waals surface area contributed by atoms with Gasteiger partial charge >= 0.3 is 5.97 Å². The molecule has 0 spiro atoms. The summed E-state index contributed by atoms with van der Waals surface area (Å²) in [6.45, 7) is 8.54. The SMILES string of the molecule is CCCC(O)c1cccc(CC[C@H]2C(=O)C(C(C)(C)C)C[C@@H]2c2ccc(CCC(=O)O)cc2)c1. The van der Waals surface area contributed by atoms with Crippen molar-refractivity contribution in [2.24, 2.45) is 17.3 Å². The Kier molecular flexibility index (Phi) is 8.70. The van der Waals surface area contributed by atoms with Gasteiger partial charge in [-0.25, -0.2) is 0 Å². The van der Waals surface area contributed by atoms with Gasteiger partial charge in [-0.15, -0.1) is 0 Å². The van der Waals surface area contributed by atoms with Crippen LogP contribution in [0, 0.1) is 17.3 Å². The third kappa shape index (κ3) is 6.56. The standard InChI is InChI=1S/C30H40O4/c1-5-7-27(31)23-9-6-8-21(18-23)12-16-24-25(19-26(29(24)34)30(2,3)4)22-14-10-20(11-15-22)13-17-28(32)33/h6,8-11,14-15,18,24-27,31H,5,7,12-13,16-17,19H2,1-4H3,(H,32,33)/t24-,25-,26?,27?/m1/s1. The summed E-state index contributed by atoms with van der Waals surface area (Å²) in [7, 11) is 0. The summed E-state index contributed by atoms with van der Waals surface area (Å²) in [5.74, 6) is -0.233. The Morgan fingerprint density at radius 1 is 1.06 bits per heavy atom. The van der Waals surface area contributed by atoms with Crippen molar-refractivity contribution in [3.63, 3.8) is 0 Å². The van der Waals surface area contributed by atoms with Crippen molar-refractivity contribution in [3.8, 4) is 0 Å². The number of hydrogen-bond donors (Lipinski definition) is 2. The molecule has 0 radical (unpaired) electrons. The summed E-state index contributed by atoms with van der Waals surface area (Å²) in [4.78, 5) is 24.4. The smallest absolute Gasteiger partial charge is 0.303 e. The second-order valence-corrected chi connectivity index (χ2v) is 11.0. The Hall–Kier alpha value is -2.46. The van der Waals surface area contributed by atoms with E-state index in [9.17, 15) is 14.7 Å². The van der Waals surface area contributed by atoms with Crippen LogP contribution in [0.2, 0.25) is 0 Å². The number of aryl methyl sites for hydroxylation is 2. The molecule has 1 fully saturated rings. The maximum atomic E-state index is 13.6. The summed E-state index contributed by atoms with van der Waals surface area (Å²) in [6.07, 6.45) is 4.37. The predicted octanol–water partition coefficient (Wildman–Crippen LogP) is 6.51. The lowest BCUT2D eigenvalue weighted by atomic mass is 9.78. The number of carbonyl (C=O) groups is 2. The normalized spacial score (nSPS) is 21.6. The predicted molar refractivity (Wildman–Crippen MR) is 136 cm³/mol. The van der Waals surface area contributed by atoms with Crippen molar-refractivity contribution in [1.29, 1.82) is 0 Å². The van der Waals surface area contributed by atoms with Crippen molar-refractivity contribution >= 4 is 11.8 Å². The van der Waals surface area contributed by atoms with Gasteiger partial charge in [0.25, 0.3) is 0 Å². The van der Waals surface area contributed by atoms with E-state index in [1.807, 2.05) is 24.3 Å². The number of ketones is 1. The van der Waals surface area contributed by atoms with Crippen LogP contribution in [0.15, 0.2) is 48.5 Å². The van der Waals surface area contributed by atoms with E-state index < -0.39 is 12.1 Å². The molecule has 1 saturated carbocycles. The zero-order valence-corrected chi connectivity index (χ0v) is 21.1. The molecular weight excluding hydrogens is 424 g/mol. The molecule has 0 aliphatic heterocycles. The van der Waals surface area contributed by atoms with Crippen LogP contribution in [0.25, 0.3) is 0 Å². The Morgan fingerprint density at radius 2 is 1.76 bits per heavy atom. The number of hydrogen-bond acceptors (Lipinski definition) is 3. The number of aliphatic hydroxyl groups is 1. The minimum Gasteiger partial charge on any atom is -0.481 e. The lowest BCUT2D eigenvalue weighted by Crippen LogP contribution is -2.26. The van der Waals surface area contributed by atoms with Crippen molar-refractivity contribution in [1.82, 2.24) is 0 Å². The number of aliphatic carboxylic acids is 1. The van der Waals surface area contributed by atoms with E-state index in [0.717, 1.165) is 43.2 Å². The third-order valence-electron chi connectivity index (χ3n) is 7.41. The van der Waals surface area contributed by atoms with Gasteiger partial charge in [0.2, 0.25) is 0 Å². The van der Waals surface area contributed by atoms with Gasteiger partial charge < -0.3 is 10.2 Å². The number of carboxylic acids is 1. The minimum atomic E-state index is -0.787. The molecule has 0 aromatic heterocycles. The monoisotopic (exact) mass is 464 g/mol. The fourth-order valence-electron chi connectivity index (χ4n) is 5.38. The van der Waals surface area contributed by atoms with Gasteiger partial charge in [0.05, 0.1) is 6.10 Å². The Bertz CT molecular complexity index is 970. The fourth-order valence-corrected chi connectivity index (χ4v) is 5.38. The molecule has 0 saturated heterocycles. The molecular formula is C30H40O4. The third-order valence-corrected chi connectivity index (χ3v) is 7.41. The highest BCUT2D eigenvalue weighted by Gasteiger charge is 2.46. The maximum absolute atomic E-state index is 13.6. The Labute approximate surface area is 204 Å². The summed E-state index contributed by atoms with van der Waals surface area (Å²) >= 11 is 0. The Balaban J connectivity index is 1.78. The molecule has 3 rings (SSSR count). The lowest BCUT2D eigenvalue weighted by molar-refractivity contribution is -0.137. The summed E-state index contributed by atoms with van der Waals surface area (Å²) in [5.41, 5.74) is 4.24. The molecule has 1 aliphatic carbocycles.